The molecule has 0 aliphatic heterocycles. The van der Waals surface area contributed by atoms with Gasteiger partial charge in [0.05, 0.1) is 6.54 Å². The minimum atomic E-state index is -1.20. The number of rotatable bonds is 6. The highest BCUT2D eigenvalue weighted by Crippen LogP contribution is 2.33. The molecule has 0 saturated heterocycles. The molecule has 0 fully saturated rings. The molecular weight excluding hydrogens is 338 g/mol. The molecule has 2 N–H and O–H groups in total. The van der Waals surface area contributed by atoms with Gasteiger partial charge >= 0.3 is 0 Å². The van der Waals surface area contributed by atoms with Gasteiger partial charge in [0.2, 0.25) is 0 Å². The fourth-order valence-corrected chi connectivity index (χ4v) is 4.12. The Morgan fingerprint density at radius 2 is 1.96 bits per heavy atom. The third kappa shape index (κ3) is 3.43. The first-order chi connectivity index (χ1) is 11.6. The van der Waals surface area contributed by atoms with E-state index in [1.165, 1.54) is 28.2 Å². The van der Waals surface area contributed by atoms with E-state index in [-0.39, 0.29) is 12.5 Å². The quantitative estimate of drug-likeness (QED) is 0.699. The number of aliphatic hydroxyl groups is 1. The normalized spacial score (nSPS) is 13.4. The van der Waals surface area contributed by atoms with E-state index in [2.05, 4.69) is 12.2 Å². The molecule has 1 aromatic carbocycles. The molecule has 0 aliphatic carbocycles. The SMILES string of the molecule is CCc1ccc(C(=O)NCC(O)(c2ccsc2)c2cccs2)cc1. The predicted molar refractivity (Wildman–Crippen MR) is 99.8 cm³/mol. The number of thiophene rings is 2. The van der Waals surface area contributed by atoms with Gasteiger partial charge in [-0.15, -0.1) is 11.3 Å². The number of benzene rings is 1. The van der Waals surface area contributed by atoms with E-state index in [0.717, 1.165) is 16.9 Å². The van der Waals surface area contributed by atoms with Crippen molar-refractivity contribution in [3.05, 3.63) is 80.2 Å². The van der Waals surface area contributed by atoms with Crippen LogP contribution in [0.4, 0.5) is 0 Å². The molecule has 0 radical (unpaired) electrons. The zero-order valence-electron chi connectivity index (χ0n) is 13.4. The topological polar surface area (TPSA) is 49.3 Å². The Morgan fingerprint density at radius 1 is 1.17 bits per heavy atom. The van der Waals surface area contributed by atoms with Crippen LogP contribution in [0.5, 0.6) is 0 Å². The Hall–Kier alpha value is -1.95. The number of amides is 1. The first kappa shape index (κ1) is 16.9. The number of carbonyl (C=O) groups excluding carboxylic acids is 1. The van der Waals surface area contributed by atoms with E-state index in [1.807, 2.05) is 58.6 Å². The molecule has 3 aromatic rings. The second-order valence-electron chi connectivity index (χ2n) is 5.58. The summed E-state index contributed by atoms with van der Waals surface area (Å²) in [6, 6.07) is 13.3. The number of nitrogens with one attached hydrogen (secondary N) is 1. The van der Waals surface area contributed by atoms with Gasteiger partial charge in [-0.05, 0) is 52.4 Å². The molecule has 3 rings (SSSR count). The highest BCUT2D eigenvalue weighted by molar-refractivity contribution is 7.10. The lowest BCUT2D eigenvalue weighted by Crippen LogP contribution is -2.41. The van der Waals surface area contributed by atoms with Crippen LogP contribution in [0.3, 0.4) is 0 Å². The fraction of sp³-hybridized carbons (Fsp3) is 0.211. The van der Waals surface area contributed by atoms with Gasteiger partial charge in [0.1, 0.15) is 5.60 Å². The average Bonchev–Trinajstić information content (AvgIpc) is 3.33. The number of hydrogen-bond acceptors (Lipinski definition) is 4. The van der Waals surface area contributed by atoms with E-state index in [1.54, 1.807) is 0 Å². The molecule has 0 spiro atoms. The molecule has 24 heavy (non-hydrogen) atoms. The number of carbonyl (C=O) groups is 1. The van der Waals surface area contributed by atoms with Crippen LogP contribution in [-0.2, 0) is 12.0 Å². The summed E-state index contributed by atoms with van der Waals surface area (Å²) in [5.74, 6) is -0.178. The summed E-state index contributed by atoms with van der Waals surface area (Å²) in [5, 5.41) is 19.9. The molecule has 2 heterocycles. The van der Waals surface area contributed by atoms with Gasteiger partial charge in [-0.1, -0.05) is 25.1 Å². The van der Waals surface area contributed by atoms with Crippen molar-refractivity contribution in [1.82, 2.24) is 5.32 Å². The van der Waals surface area contributed by atoms with Crippen molar-refractivity contribution in [1.29, 1.82) is 0 Å². The second kappa shape index (κ2) is 7.30. The van der Waals surface area contributed by atoms with Gasteiger partial charge in [0.15, 0.2) is 0 Å². The highest BCUT2D eigenvalue weighted by Gasteiger charge is 2.33. The van der Waals surface area contributed by atoms with Crippen molar-refractivity contribution in [3.8, 4) is 0 Å². The summed E-state index contributed by atoms with van der Waals surface area (Å²) < 4.78 is 0. The smallest absolute Gasteiger partial charge is 0.251 e. The number of aryl methyl sites for hydroxylation is 1. The third-order valence-electron chi connectivity index (χ3n) is 4.06. The van der Waals surface area contributed by atoms with E-state index in [4.69, 9.17) is 0 Å². The molecular formula is C19H19NO2S2. The van der Waals surface area contributed by atoms with Crippen LogP contribution < -0.4 is 5.32 Å². The molecule has 124 valence electrons. The first-order valence-corrected chi connectivity index (χ1v) is 9.62. The van der Waals surface area contributed by atoms with Gasteiger partial charge in [-0.3, -0.25) is 4.79 Å². The largest absolute Gasteiger partial charge is 0.378 e. The van der Waals surface area contributed by atoms with E-state index in [9.17, 15) is 9.90 Å². The molecule has 3 nitrogen and oxygen atoms in total. The van der Waals surface area contributed by atoms with Crippen molar-refractivity contribution in [2.45, 2.75) is 18.9 Å². The van der Waals surface area contributed by atoms with Crippen LogP contribution in [0.25, 0.3) is 0 Å². The Labute approximate surface area is 149 Å². The molecule has 1 amide bonds. The highest BCUT2D eigenvalue weighted by atomic mass is 32.1. The van der Waals surface area contributed by atoms with Gasteiger partial charge in [0, 0.05) is 16.0 Å². The summed E-state index contributed by atoms with van der Waals surface area (Å²) in [6.07, 6.45) is 0.943. The lowest BCUT2D eigenvalue weighted by Gasteiger charge is -2.27. The fourth-order valence-electron chi connectivity index (χ4n) is 2.55. The molecule has 0 aliphatic rings. The Morgan fingerprint density at radius 3 is 2.54 bits per heavy atom. The summed E-state index contributed by atoms with van der Waals surface area (Å²) >= 11 is 3.01. The minimum absolute atomic E-state index is 0.138. The third-order valence-corrected chi connectivity index (χ3v) is 5.76. The van der Waals surface area contributed by atoms with Gasteiger partial charge in [0.25, 0.3) is 5.91 Å². The van der Waals surface area contributed by atoms with Crippen molar-refractivity contribution < 1.29 is 9.90 Å². The summed E-state index contributed by atoms with van der Waals surface area (Å²) in [4.78, 5) is 13.2. The van der Waals surface area contributed by atoms with Crippen molar-refractivity contribution in [2.24, 2.45) is 0 Å². The van der Waals surface area contributed by atoms with Crippen LogP contribution in [-0.4, -0.2) is 17.6 Å². The van der Waals surface area contributed by atoms with E-state index >= 15 is 0 Å². The lowest BCUT2D eigenvalue weighted by molar-refractivity contribution is 0.0721. The molecule has 0 bridgehead atoms. The van der Waals surface area contributed by atoms with Crippen LogP contribution in [0.2, 0.25) is 0 Å². The minimum Gasteiger partial charge on any atom is -0.378 e. The van der Waals surface area contributed by atoms with Gasteiger partial charge < -0.3 is 10.4 Å². The van der Waals surface area contributed by atoms with E-state index in [0.29, 0.717) is 5.56 Å². The Kier molecular flexibility index (Phi) is 5.14. The van der Waals surface area contributed by atoms with Crippen LogP contribution in [0, 0.1) is 0 Å². The zero-order chi connectivity index (χ0) is 17.0. The van der Waals surface area contributed by atoms with Gasteiger partial charge in [-0.2, -0.15) is 11.3 Å². The Balaban J connectivity index is 1.77. The van der Waals surface area contributed by atoms with Crippen LogP contribution >= 0.6 is 22.7 Å². The predicted octanol–water partition coefficient (Wildman–Crippen LogP) is 4.04. The Bertz CT molecular complexity index is 743. The number of hydrogen-bond donors (Lipinski definition) is 2. The molecule has 0 saturated carbocycles. The molecule has 1 unspecified atom stereocenters. The van der Waals surface area contributed by atoms with Crippen LogP contribution in [0.15, 0.2) is 58.6 Å². The van der Waals surface area contributed by atoms with E-state index < -0.39 is 5.60 Å². The lowest BCUT2D eigenvalue weighted by atomic mass is 9.94. The monoisotopic (exact) mass is 357 g/mol. The standard InChI is InChI=1S/C19H19NO2S2/c1-2-14-5-7-15(8-6-14)18(21)20-13-19(22,16-9-11-23-12-16)17-4-3-10-24-17/h3-12,22H,2,13H2,1H3,(H,20,21). The summed E-state index contributed by atoms with van der Waals surface area (Å²) in [6.45, 7) is 2.22. The van der Waals surface area contributed by atoms with Crippen molar-refractivity contribution in [2.75, 3.05) is 6.54 Å². The van der Waals surface area contributed by atoms with Crippen molar-refractivity contribution >= 4 is 28.6 Å². The maximum atomic E-state index is 12.4. The van der Waals surface area contributed by atoms with Crippen LogP contribution in [0.1, 0.15) is 33.3 Å². The summed E-state index contributed by atoms with van der Waals surface area (Å²) in [7, 11) is 0. The average molecular weight is 358 g/mol. The molecule has 1 atom stereocenters. The maximum absolute atomic E-state index is 12.4. The zero-order valence-corrected chi connectivity index (χ0v) is 15.0. The molecule has 2 aromatic heterocycles. The maximum Gasteiger partial charge on any atom is 0.251 e. The molecule has 5 heteroatoms. The summed E-state index contributed by atoms with van der Waals surface area (Å²) in [5.41, 5.74) is 1.40. The second-order valence-corrected chi connectivity index (χ2v) is 7.31. The van der Waals surface area contributed by atoms with Crippen molar-refractivity contribution in [3.63, 3.8) is 0 Å². The first-order valence-electron chi connectivity index (χ1n) is 7.79. The van der Waals surface area contributed by atoms with Gasteiger partial charge in [-0.25, -0.2) is 0 Å².